The monoisotopic (exact) mass is 430 g/mol. The molecule has 0 bridgehead atoms. The Balaban J connectivity index is 2.23. The van der Waals surface area contributed by atoms with Crippen LogP contribution in [0.2, 0.25) is 0 Å². The van der Waals surface area contributed by atoms with Crippen molar-refractivity contribution in [1.29, 1.82) is 0 Å². The van der Waals surface area contributed by atoms with Crippen LogP contribution in [0.15, 0.2) is 27.9 Å². The van der Waals surface area contributed by atoms with E-state index in [1.807, 2.05) is 4.57 Å². The number of pyridine rings is 2. The first-order chi connectivity index (χ1) is 14.6. The van der Waals surface area contributed by atoms with Gasteiger partial charge in [-0.1, -0.05) is 27.7 Å². The molecular formula is C23H30N2O6. The van der Waals surface area contributed by atoms with Crippen LogP contribution in [0.5, 0.6) is 5.75 Å². The van der Waals surface area contributed by atoms with Crippen molar-refractivity contribution in [3.05, 3.63) is 50.0 Å². The molecule has 0 fully saturated rings. The van der Waals surface area contributed by atoms with Crippen LogP contribution in [0.3, 0.4) is 0 Å². The average Bonchev–Trinajstić information content (AvgIpc) is 2.69. The number of rotatable bonds is 7. The average molecular weight is 431 g/mol. The van der Waals surface area contributed by atoms with Crippen molar-refractivity contribution in [3.8, 4) is 17.1 Å². The molecule has 31 heavy (non-hydrogen) atoms. The highest BCUT2D eigenvalue weighted by Gasteiger charge is 2.40. The Morgan fingerprint density at radius 3 is 2.52 bits per heavy atom. The molecule has 3 heterocycles. The fraction of sp³-hybridized carbons (Fsp3) is 0.522. The van der Waals surface area contributed by atoms with E-state index in [-0.39, 0.29) is 34.2 Å². The van der Waals surface area contributed by atoms with Gasteiger partial charge in [-0.3, -0.25) is 9.59 Å². The molecule has 0 aromatic carbocycles. The number of H-pyrrole nitrogens is 1. The molecule has 8 nitrogen and oxygen atoms in total. The third kappa shape index (κ3) is 4.30. The van der Waals surface area contributed by atoms with E-state index in [9.17, 15) is 19.5 Å². The molecule has 168 valence electrons. The number of aromatic nitrogens is 2. The molecule has 8 heteroatoms. The number of aromatic carboxylic acids is 1. The van der Waals surface area contributed by atoms with Gasteiger partial charge >= 0.3 is 5.97 Å². The lowest BCUT2D eigenvalue weighted by molar-refractivity contribution is 0.0693. The highest BCUT2D eigenvalue weighted by atomic mass is 16.5. The summed E-state index contributed by atoms with van der Waals surface area (Å²) in [5.74, 6) is -1.04. The summed E-state index contributed by atoms with van der Waals surface area (Å²) in [4.78, 5) is 39.7. The summed E-state index contributed by atoms with van der Waals surface area (Å²) in [7, 11) is 1.61. The van der Waals surface area contributed by atoms with Crippen molar-refractivity contribution in [2.24, 2.45) is 5.41 Å². The molecule has 1 aliphatic rings. The highest BCUT2D eigenvalue weighted by Crippen LogP contribution is 2.50. The molecule has 0 spiro atoms. The Morgan fingerprint density at radius 1 is 1.23 bits per heavy atom. The molecule has 2 N–H and O–H groups in total. The second kappa shape index (κ2) is 8.70. The van der Waals surface area contributed by atoms with E-state index in [0.717, 1.165) is 12.0 Å². The zero-order chi connectivity index (χ0) is 22.9. The Labute approximate surface area is 180 Å². The molecule has 0 saturated heterocycles. The van der Waals surface area contributed by atoms with Gasteiger partial charge in [0.1, 0.15) is 5.56 Å². The summed E-state index contributed by atoms with van der Waals surface area (Å²) >= 11 is 0. The van der Waals surface area contributed by atoms with Gasteiger partial charge in [0.15, 0.2) is 11.2 Å². The number of hydrogen-bond donors (Lipinski definition) is 2. The van der Waals surface area contributed by atoms with Gasteiger partial charge in [0.2, 0.25) is 0 Å². The van der Waals surface area contributed by atoms with Gasteiger partial charge in [-0.25, -0.2) is 4.79 Å². The van der Waals surface area contributed by atoms with Crippen LogP contribution in [0, 0.1) is 5.41 Å². The minimum atomic E-state index is -1.26. The molecule has 0 radical (unpaired) electrons. The predicted octanol–water partition coefficient (Wildman–Crippen LogP) is 3.41. The Bertz CT molecular complexity index is 1090. The number of carboxylic acids is 1. The first-order valence-corrected chi connectivity index (χ1v) is 10.5. The van der Waals surface area contributed by atoms with Crippen LogP contribution >= 0.6 is 0 Å². The topological polar surface area (TPSA) is 111 Å². The van der Waals surface area contributed by atoms with Crippen molar-refractivity contribution < 1.29 is 19.4 Å². The van der Waals surface area contributed by atoms with Crippen molar-refractivity contribution in [1.82, 2.24) is 9.55 Å². The van der Waals surface area contributed by atoms with Crippen LogP contribution in [0.25, 0.3) is 11.4 Å². The molecular weight excluding hydrogens is 400 g/mol. The van der Waals surface area contributed by atoms with Gasteiger partial charge in [0, 0.05) is 44.4 Å². The van der Waals surface area contributed by atoms with Crippen LogP contribution in [-0.4, -0.2) is 41.0 Å². The molecule has 0 amide bonds. The molecule has 2 unspecified atom stereocenters. The number of fused-ring (bicyclic) bond motifs is 3. The number of carboxylic acid groups (broad SMARTS) is 1. The Morgan fingerprint density at radius 2 is 1.94 bits per heavy atom. The molecule has 2 aromatic heterocycles. The van der Waals surface area contributed by atoms with Gasteiger partial charge in [-0.05, 0) is 23.5 Å². The summed E-state index contributed by atoms with van der Waals surface area (Å²) in [6.07, 6.45) is 2.83. The van der Waals surface area contributed by atoms with E-state index in [1.165, 1.54) is 12.3 Å². The SMILES string of the molecule is CCC1c2cc(OCCCOC)c(=O)[nH]c2-c2cc(=O)c(C(=O)O)cn2C1C(C)(C)C. The van der Waals surface area contributed by atoms with E-state index in [1.54, 1.807) is 13.2 Å². The molecule has 2 aromatic rings. The van der Waals surface area contributed by atoms with Crippen molar-refractivity contribution in [2.45, 2.75) is 52.5 Å². The number of methoxy groups -OCH3 is 1. The summed E-state index contributed by atoms with van der Waals surface area (Å²) in [5.41, 5.74) is 0.444. The van der Waals surface area contributed by atoms with Gasteiger partial charge in [0.25, 0.3) is 5.56 Å². The van der Waals surface area contributed by atoms with Crippen LogP contribution < -0.4 is 15.7 Å². The number of nitrogens with one attached hydrogen (secondary N) is 1. The first-order valence-electron chi connectivity index (χ1n) is 10.5. The minimum absolute atomic E-state index is 0.00942. The molecule has 0 saturated carbocycles. The van der Waals surface area contributed by atoms with Crippen molar-refractivity contribution >= 4 is 5.97 Å². The van der Waals surface area contributed by atoms with E-state index in [0.29, 0.717) is 31.0 Å². The van der Waals surface area contributed by atoms with Gasteiger partial charge in [0.05, 0.1) is 18.0 Å². The lowest BCUT2D eigenvalue weighted by Gasteiger charge is -2.44. The summed E-state index contributed by atoms with van der Waals surface area (Å²) in [5, 5.41) is 9.48. The number of nitrogens with zero attached hydrogens (tertiary/aromatic N) is 1. The quantitative estimate of drug-likeness (QED) is 0.651. The van der Waals surface area contributed by atoms with Gasteiger partial charge in [-0.15, -0.1) is 0 Å². The Hall–Kier alpha value is -2.87. The lowest BCUT2D eigenvalue weighted by Crippen LogP contribution is -2.36. The van der Waals surface area contributed by atoms with Crippen LogP contribution in [0.4, 0.5) is 0 Å². The molecule has 2 atom stereocenters. The maximum atomic E-state index is 12.7. The van der Waals surface area contributed by atoms with E-state index in [4.69, 9.17) is 9.47 Å². The maximum absolute atomic E-state index is 12.7. The summed E-state index contributed by atoms with van der Waals surface area (Å²) in [6.45, 7) is 9.20. The summed E-state index contributed by atoms with van der Waals surface area (Å²) in [6, 6.07) is 2.96. The summed E-state index contributed by atoms with van der Waals surface area (Å²) < 4.78 is 12.6. The van der Waals surface area contributed by atoms with E-state index < -0.39 is 11.4 Å². The fourth-order valence-corrected chi connectivity index (χ4v) is 4.49. The van der Waals surface area contributed by atoms with Gasteiger partial charge < -0.3 is 24.1 Å². The van der Waals surface area contributed by atoms with E-state index >= 15 is 0 Å². The standard InChI is InChI=1S/C23H30N2O6/c1-6-13-14-10-18(31-9-7-8-30-5)21(27)24-19(14)16-11-17(26)15(22(28)29)12-25(16)20(13)23(2,3)4/h10-13,20H,6-9H2,1-5H3,(H,24,27)(H,28,29). The highest BCUT2D eigenvalue weighted by molar-refractivity contribution is 5.87. The van der Waals surface area contributed by atoms with Crippen molar-refractivity contribution in [3.63, 3.8) is 0 Å². The van der Waals surface area contributed by atoms with Crippen LogP contribution in [0.1, 0.15) is 68.4 Å². The van der Waals surface area contributed by atoms with E-state index in [2.05, 4.69) is 32.7 Å². The zero-order valence-corrected chi connectivity index (χ0v) is 18.7. The van der Waals surface area contributed by atoms with Crippen LogP contribution in [-0.2, 0) is 4.74 Å². The maximum Gasteiger partial charge on any atom is 0.341 e. The molecule has 3 rings (SSSR count). The second-order valence-corrected chi connectivity index (χ2v) is 8.96. The third-order valence-corrected chi connectivity index (χ3v) is 5.76. The first kappa shape index (κ1) is 22.8. The predicted molar refractivity (Wildman–Crippen MR) is 117 cm³/mol. The number of ether oxygens (including phenoxy) is 2. The second-order valence-electron chi connectivity index (χ2n) is 8.96. The number of aromatic amines is 1. The zero-order valence-electron chi connectivity index (χ0n) is 18.7. The number of carbonyl (C=O) groups is 1. The van der Waals surface area contributed by atoms with Crippen molar-refractivity contribution in [2.75, 3.05) is 20.3 Å². The lowest BCUT2D eigenvalue weighted by atomic mass is 9.72. The van der Waals surface area contributed by atoms with Gasteiger partial charge in [-0.2, -0.15) is 0 Å². The molecule has 0 aliphatic carbocycles. The normalized spacial score (nSPS) is 17.7. The Kier molecular flexibility index (Phi) is 6.40. The fourth-order valence-electron chi connectivity index (χ4n) is 4.49. The largest absolute Gasteiger partial charge is 0.488 e. The third-order valence-electron chi connectivity index (χ3n) is 5.76. The smallest absolute Gasteiger partial charge is 0.341 e. The molecule has 1 aliphatic heterocycles. The number of hydrogen-bond acceptors (Lipinski definition) is 5. The minimum Gasteiger partial charge on any atom is -0.488 e.